The number of unbranched alkanes of at least 4 members (excludes halogenated alkanes) is 4. The summed E-state index contributed by atoms with van der Waals surface area (Å²) in [7, 11) is 0. The van der Waals surface area contributed by atoms with Gasteiger partial charge in [0.1, 0.15) is 0 Å². The van der Waals surface area contributed by atoms with Gasteiger partial charge in [0, 0.05) is 22.3 Å². The van der Waals surface area contributed by atoms with E-state index in [-0.39, 0.29) is 0 Å². The quantitative estimate of drug-likeness (QED) is 0.140. The molecular weight excluding hydrogens is 600 g/mol. The van der Waals surface area contributed by atoms with E-state index in [2.05, 4.69) is 27.7 Å². The second kappa shape index (κ2) is 16.7. The maximum Gasteiger partial charge on any atom is 0.0832 e. The molecule has 256 valence electrons. The lowest BCUT2D eigenvalue weighted by Gasteiger charge is -2.24. The van der Waals surface area contributed by atoms with Crippen molar-refractivity contribution in [1.82, 2.24) is 0 Å². The highest BCUT2D eigenvalue weighted by Gasteiger charge is 2.38. The van der Waals surface area contributed by atoms with Crippen LogP contribution < -0.4 is 0 Å². The minimum Gasteiger partial charge on any atom is -0.388 e. The molecule has 5 aliphatic rings. The van der Waals surface area contributed by atoms with Gasteiger partial charge in [-0.1, -0.05) is 79.1 Å². The zero-order valence-corrected chi connectivity index (χ0v) is 29.0. The van der Waals surface area contributed by atoms with E-state index >= 15 is 0 Å². The molecule has 0 fully saturated rings. The first kappa shape index (κ1) is 35.7. The lowest BCUT2D eigenvalue weighted by Crippen LogP contribution is -2.27. The Morgan fingerprint density at radius 1 is 0.479 bits per heavy atom. The standard InChI is InChI=1S/C40H52N4O4/c1-5-9-13-32(45)30-23-29-22-27-18-17-25(41-27)21-26-19-20-28(42-26)24-31-36(33(46)14-10-6-2)37(34(47)15-11-7-3)40(44-31)38(39(30)43-29)35(48)16-12-8-4/h17-24,32-35,45-48H,5-16H2,1-4H3. The number of fused-ring (bicyclic) bond motifs is 4. The van der Waals surface area contributed by atoms with Crippen LogP contribution in [0.1, 0.15) is 105 Å². The topological polar surface area (TPSA) is 130 Å². The number of nitrogens with zero attached hydrogens (tertiary/aromatic N) is 4. The van der Waals surface area contributed by atoms with Gasteiger partial charge in [-0.25, -0.2) is 20.0 Å². The summed E-state index contributed by atoms with van der Waals surface area (Å²) >= 11 is 0. The molecule has 0 aromatic carbocycles. The zero-order valence-electron chi connectivity index (χ0n) is 29.0. The summed E-state index contributed by atoms with van der Waals surface area (Å²) in [6.07, 6.45) is 20.5. The van der Waals surface area contributed by atoms with Crippen molar-refractivity contribution >= 4 is 22.8 Å². The summed E-state index contributed by atoms with van der Waals surface area (Å²) in [5.41, 5.74) is 7.20. The number of aliphatic hydroxyl groups is 4. The number of rotatable bonds is 16. The largest absolute Gasteiger partial charge is 0.388 e. The Labute approximate surface area is 285 Å². The van der Waals surface area contributed by atoms with E-state index in [1.165, 1.54) is 0 Å². The Kier molecular flexibility index (Phi) is 12.4. The minimum absolute atomic E-state index is 0.437. The zero-order chi connectivity index (χ0) is 34.2. The van der Waals surface area contributed by atoms with Crippen LogP contribution in [-0.4, -0.2) is 67.7 Å². The summed E-state index contributed by atoms with van der Waals surface area (Å²) in [5, 5.41) is 47.4. The molecule has 0 saturated heterocycles. The van der Waals surface area contributed by atoms with Gasteiger partial charge >= 0.3 is 0 Å². The van der Waals surface area contributed by atoms with Crippen molar-refractivity contribution in [1.29, 1.82) is 0 Å². The third-order valence-corrected chi connectivity index (χ3v) is 9.31. The highest BCUT2D eigenvalue weighted by atomic mass is 16.3. The fourth-order valence-corrected chi connectivity index (χ4v) is 6.67. The molecule has 0 aliphatic carbocycles. The van der Waals surface area contributed by atoms with Gasteiger partial charge in [-0.05, 0) is 74.3 Å². The van der Waals surface area contributed by atoms with Crippen LogP contribution >= 0.6 is 0 Å². The minimum atomic E-state index is -0.967. The van der Waals surface area contributed by atoms with E-state index < -0.39 is 24.4 Å². The predicted octanol–water partition coefficient (Wildman–Crippen LogP) is 7.26. The second-order valence-electron chi connectivity index (χ2n) is 13.2. The number of hydrogen-bond donors (Lipinski definition) is 4. The number of aliphatic hydroxyl groups excluding tert-OH is 4. The van der Waals surface area contributed by atoms with Crippen LogP contribution in [-0.2, 0) is 0 Å². The van der Waals surface area contributed by atoms with Crippen molar-refractivity contribution in [2.24, 2.45) is 20.0 Å². The van der Waals surface area contributed by atoms with Gasteiger partial charge in [0.05, 0.1) is 70.1 Å². The molecule has 8 heteroatoms. The monoisotopic (exact) mass is 652 g/mol. The summed E-state index contributed by atoms with van der Waals surface area (Å²) in [5.74, 6) is 0. The summed E-state index contributed by atoms with van der Waals surface area (Å²) in [6, 6.07) is 0. The SMILES string of the molecule is CCCCC(O)C1=CC2=CC3=NC(=CC4=NC(=CC5=NC(=C(C(O)CCCC)C1=N2)C(C(O)CCCC)=C5C(O)CCCC)C=C4)C=C3. The van der Waals surface area contributed by atoms with E-state index in [0.717, 1.165) is 68.5 Å². The molecule has 8 bridgehead atoms. The molecule has 0 spiro atoms. The molecule has 5 heterocycles. The number of allylic oxidation sites excluding steroid dienone is 8. The van der Waals surface area contributed by atoms with Gasteiger partial charge < -0.3 is 20.4 Å². The van der Waals surface area contributed by atoms with E-state index in [0.29, 0.717) is 76.5 Å². The first-order chi connectivity index (χ1) is 23.3. The van der Waals surface area contributed by atoms with Gasteiger partial charge in [0.2, 0.25) is 0 Å². The van der Waals surface area contributed by atoms with Crippen molar-refractivity contribution in [2.45, 2.75) is 129 Å². The third kappa shape index (κ3) is 8.17. The third-order valence-electron chi connectivity index (χ3n) is 9.31. The van der Waals surface area contributed by atoms with Crippen molar-refractivity contribution in [3.63, 3.8) is 0 Å². The molecule has 5 aliphatic heterocycles. The van der Waals surface area contributed by atoms with E-state index in [1.54, 1.807) is 0 Å². The van der Waals surface area contributed by atoms with Crippen LogP contribution in [0.3, 0.4) is 0 Å². The van der Waals surface area contributed by atoms with Crippen molar-refractivity contribution in [2.75, 3.05) is 0 Å². The van der Waals surface area contributed by atoms with Crippen molar-refractivity contribution in [3.8, 4) is 0 Å². The molecule has 5 rings (SSSR count). The molecule has 0 amide bonds. The van der Waals surface area contributed by atoms with Gasteiger partial charge in [-0.2, -0.15) is 0 Å². The highest BCUT2D eigenvalue weighted by Crippen LogP contribution is 2.40. The van der Waals surface area contributed by atoms with Gasteiger partial charge in [0.25, 0.3) is 0 Å². The maximum atomic E-state index is 12.1. The molecule has 0 saturated carbocycles. The lowest BCUT2D eigenvalue weighted by atomic mass is 9.85. The molecule has 4 unspecified atom stereocenters. The van der Waals surface area contributed by atoms with E-state index in [9.17, 15) is 20.4 Å². The Morgan fingerprint density at radius 3 is 1.52 bits per heavy atom. The molecule has 4 N–H and O–H groups in total. The molecule has 8 nitrogen and oxygen atoms in total. The summed E-state index contributed by atoms with van der Waals surface area (Å²) in [4.78, 5) is 19.8. The van der Waals surface area contributed by atoms with E-state index in [1.807, 2.05) is 48.6 Å². The van der Waals surface area contributed by atoms with E-state index in [4.69, 9.17) is 20.0 Å². The van der Waals surface area contributed by atoms with Crippen LogP contribution in [0.25, 0.3) is 0 Å². The molecule has 48 heavy (non-hydrogen) atoms. The predicted molar refractivity (Wildman–Crippen MR) is 197 cm³/mol. The summed E-state index contributed by atoms with van der Waals surface area (Å²) in [6.45, 7) is 8.35. The van der Waals surface area contributed by atoms with Crippen LogP contribution in [0.2, 0.25) is 0 Å². The molecule has 0 aromatic heterocycles. The Bertz CT molecular complexity index is 1620. The number of hydrogen-bond acceptors (Lipinski definition) is 8. The Morgan fingerprint density at radius 2 is 0.958 bits per heavy atom. The Hall–Kier alpha value is -3.56. The smallest absolute Gasteiger partial charge is 0.0832 e. The van der Waals surface area contributed by atoms with Crippen LogP contribution in [0, 0.1) is 0 Å². The van der Waals surface area contributed by atoms with Crippen LogP contribution in [0.5, 0.6) is 0 Å². The Balaban J connectivity index is 1.84. The molecule has 0 radical (unpaired) electrons. The summed E-state index contributed by atoms with van der Waals surface area (Å²) < 4.78 is 0. The molecular formula is C40H52N4O4. The van der Waals surface area contributed by atoms with Gasteiger partial charge in [0.15, 0.2) is 0 Å². The maximum absolute atomic E-state index is 12.1. The first-order valence-corrected chi connectivity index (χ1v) is 18.1. The van der Waals surface area contributed by atoms with Crippen molar-refractivity contribution in [3.05, 3.63) is 93.7 Å². The average molecular weight is 653 g/mol. The normalized spacial score (nSPS) is 21.0. The highest BCUT2D eigenvalue weighted by molar-refractivity contribution is 6.20. The second-order valence-corrected chi connectivity index (χ2v) is 13.2. The fraction of sp³-hybridized carbons (Fsp3) is 0.500. The van der Waals surface area contributed by atoms with Crippen LogP contribution in [0.4, 0.5) is 0 Å². The average Bonchev–Trinajstić information content (AvgIpc) is 3.88. The first-order valence-electron chi connectivity index (χ1n) is 18.1. The fourth-order valence-electron chi connectivity index (χ4n) is 6.67. The molecule has 4 atom stereocenters. The van der Waals surface area contributed by atoms with Crippen molar-refractivity contribution < 1.29 is 20.4 Å². The van der Waals surface area contributed by atoms with Crippen LogP contribution in [0.15, 0.2) is 114 Å². The molecule has 0 aromatic rings. The van der Waals surface area contributed by atoms with Gasteiger partial charge in [-0.15, -0.1) is 0 Å². The number of aliphatic imine (C=N–C) groups is 4. The van der Waals surface area contributed by atoms with Gasteiger partial charge in [-0.3, -0.25) is 0 Å². The lowest BCUT2D eigenvalue weighted by molar-refractivity contribution is 0.180.